The zero-order valence-corrected chi connectivity index (χ0v) is 88.9. The Balaban J connectivity index is 0.000000194. The number of nitrogens with two attached hydrogens (primary N) is 3. The van der Waals surface area contributed by atoms with E-state index in [-0.39, 0.29) is 85.5 Å². The fraction of sp³-hybridized carbons (Fsp3) is 0.657. The van der Waals surface area contributed by atoms with Crippen LogP contribution in [0.4, 0.5) is 14.4 Å². The van der Waals surface area contributed by atoms with Crippen LogP contribution in [0.25, 0.3) is 0 Å². The summed E-state index contributed by atoms with van der Waals surface area (Å²) in [5.41, 5.74) is 17.8. The van der Waals surface area contributed by atoms with Gasteiger partial charge < -0.3 is 94.0 Å². The molecule has 40 heteroatoms. The minimum absolute atomic E-state index is 0.0479. The van der Waals surface area contributed by atoms with E-state index in [2.05, 4.69) is 47.9 Å². The predicted octanol–water partition coefficient (Wildman–Crippen LogP) is 8.42. The van der Waals surface area contributed by atoms with Gasteiger partial charge >= 0.3 is 36.0 Å². The fourth-order valence-corrected chi connectivity index (χ4v) is 23.2. The van der Waals surface area contributed by atoms with Crippen molar-refractivity contribution in [2.75, 3.05) is 19.6 Å². The number of rotatable bonds is 37. The number of carbonyl (C=O) groups is 18. The van der Waals surface area contributed by atoms with Crippen molar-refractivity contribution < 1.29 is 101 Å². The highest BCUT2D eigenvalue weighted by atomic mass is 35.5. The molecule has 0 bridgehead atoms. The molecule has 15 amide bonds. The molecule has 3 unspecified atom stereocenters. The normalized spacial score (nSPS) is 24.1. The Labute approximate surface area is 867 Å². The number of primary amides is 3. The molecule has 15 N–H and O–H groups in total. The topological polar surface area (TPSA) is 531 Å². The number of esters is 3. The van der Waals surface area contributed by atoms with Crippen molar-refractivity contribution in [3.05, 3.63) is 107 Å². The summed E-state index contributed by atoms with van der Waals surface area (Å²) in [5, 5.41) is 24.6. The lowest BCUT2D eigenvalue weighted by atomic mass is 9.80. The molecule has 0 radical (unpaired) electrons. The van der Waals surface area contributed by atoms with Crippen LogP contribution in [0.5, 0.6) is 0 Å². The molecule has 3 aliphatic heterocycles. The van der Waals surface area contributed by atoms with Crippen LogP contribution in [-0.4, -0.2) is 234 Å². The van der Waals surface area contributed by atoms with E-state index < -0.39 is 233 Å². The first-order valence-corrected chi connectivity index (χ1v) is 52.2. The van der Waals surface area contributed by atoms with Crippen molar-refractivity contribution in [2.24, 2.45) is 104 Å². The maximum absolute atomic E-state index is 14.7. The lowest BCUT2D eigenvalue weighted by Crippen LogP contribution is -2.62. The van der Waals surface area contributed by atoms with Gasteiger partial charge in [0.05, 0.1) is 18.1 Å². The maximum Gasteiger partial charge on any atom is 0.329 e. The number of nitrogens with zero attached hydrogens (tertiary/aromatic N) is 3. The van der Waals surface area contributed by atoms with Crippen molar-refractivity contribution in [1.29, 1.82) is 0 Å². The third-order valence-corrected chi connectivity index (χ3v) is 32.7. The minimum atomic E-state index is -1.27. The number of ether oxygens (including phenoxy) is 3. The highest BCUT2D eigenvalue weighted by Gasteiger charge is 2.76. The van der Waals surface area contributed by atoms with Crippen LogP contribution in [0.2, 0.25) is 0 Å². The van der Waals surface area contributed by atoms with Gasteiger partial charge in [-0.05, 0) is 150 Å². The van der Waals surface area contributed by atoms with E-state index in [1.54, 1.807) is 96.9 Å². The average molecular weight is 2100 g/mol. The number of Topliss-reactive ketones (excluding diaryl/α,β-unsaturated/α-hetero) is 3. The van der Waals surface area contributed by atoms with Gasteiger partial charge in [-0.3, -0.25) is 57.5 Å². The molecule has 0 aromatic heterocycles. The minimum Gasteiger partial charge on any atom is -0.460 e. The van der Waals surface area contributed by atoms with Gasteiger partial charge in [-0.25, -0.2) is 28.8 Å². The van der Waals surface area contributed by atoms with Crippen LogP contribution in [0, 0.1) is 86.8 Å². The van der Waals surface area contributed by atoms with Gasteiger partial charge in [0.1, 0.15) is 81.4 Å². The number of likely N-dealkylation sites (tertiary alicyclic amines) is 3. The number of amides is 15. The van der Waals surface area contributed by atoms with Crippen LogP contribution >= 0.6 is 46.4 Å². The van der Waals surface area contributed by atoms with E-state index in [1.165, 1.54) is 14.7 Å². The van der Waals surface area contributed by atoms with Crippen LogP contribution in [0.3, 0.4) is 0 Å². The molecule has 14 rings (SSSR count). The lowest BCUT2D eigenvalue weighted by Gasteiger charge is -2.38. The van der Waals surface area contributed by atoms with Crippen LogP contribution < -0.4 is 65.1 Å². The number of fused-ring (bicyclic) bond motifs is 5. The van der Waals surface area contributed by atoms with Crippen LogP contribution in [0.1, 0.15) is 229 Å². The number of halogens is 4. The summed E-state index contributed by atoms with van der Waals surface area (Å²) in [6, 6.07) is 9.93. The number of alkyl halides is 4. The summed E-state index contributed by atoms with van der Waals surface area (Å²) in [6.45, 7) is 31.3. The van der Waals surface area contributed by atoms with Gasteiger partial charge in [0.2, 0.25) is 52.8 Å². The van der Waals surface area contributed by atoms with Crippen molar-refractivity contribution >= 4 is 153 Å². The number of piperidine rings is 3. The zero-order valence-electron chi connectivity index (χ0n) is 85.9. The molecule has 8 aliphatic carbocycles. The molecule has 794 valence electrons. The zero-order chi connectivity index (χ0) is 107. The smallest absolute Gasteiger partial charge is 0.329 e. The highest BCUT2D eigenvalue weighted by molar-refractivity contribution is 6.52. The maximum atomic E-state index is 14.7. The predicted molar refractivity (Wildman–Crippen MR) is 539 cm³/mol. The molecular formula is C105H145Cl4N15O21. The second-order valence-corrected chi connectivity index (χ2v) is 49.5. The Morgan fingerprint density at radius 1 is 0.421 bits per heavy atom. The van der Waals surface area contributed by atoms with Crippen molar-refractivity contribution in [2.45, 2.75) is 326 Å². The molecule has 36 nitrogen and oxygen atoms in total. The molecule has 3 aromatic carbocycles. The first-order chi connectivity index (χ1) is 67.6. The molecule has 145 heavy (non-hydrogen) atoms. The van der Waals surface area contributed by atoms with Gasteiger partial charge in [-0.2, -0.15) is 0 Å². The number of ketones is 3. The molecule has 0 spiro atoms. The number of carbonyl (C=O) groups excluding carboxylic acids is 18. The summed E-state index contributed by atoms with van der Waals surface area (Å²) in [6.07, 6.45) is 10.9. The third-order valence-electron chi connectivity index (χ3n) is 30.6. The first-order valence-electron chi connectivity index (χ1n) is 50.7. The molecule has 11 aliphatic rings. The van der Waals surface area contributed by atoms with Crippen LogP contribution in [0.15, 0.2) is 78.9 Å². The number of hydrogen-bond donors (Lipinski definition) is 12. The molecule has 3 heterocycles. The Bertz CT molecular complexity index is 5380. The highest BCUT2D eigenvalue weighted by Crippen LogP contribution is 2.68. The largest absolute Gasteiger partial charge is 0.460 e. The van der Waals surface area contributed by atoms with Crippen molar-refractivity contribution in [3.8, 4) is 0 Å². The molecule has 6 saturated carbocycles. The quantitative estimate of drug-likeness (QED) is 0.0111. The lowest BCUT2D eigenvalue weighted by molar-refractivity contribution is -0.160. The van der Waals surface area contributed by atoms with Crippen LogP contribution in [-0.2, 0) is 118 Å². The Morgan fingerprint density at radius 2 is 0.786 bits per heavy atom. The second-order valence-electron chi connectivity index (χ2n) is 46.6. The number of nitrogens with one attached hydrogen (secondary N) is 9. The summed E-state index contributed by atoms with van der Waals surface area (Å²) in [7, 11) is 0. The van der Waals surface area contributed by atoms with E-state index in [4.69, 9.17) is 77.8 Å². The molecule has 3 saturated heterocycles. The first kappa shape index (κ1) is 113. The van der Waals surface area contributed by atoms with Gasteiger partial charge in [0, 0.05) is 56.1 Å². The molecule has 18 atom stereocenters. The summed E-state index contributed by atoms with van der Waals surface area (Å²) >= 11 is 26.2. The number of hydrogen-bond acceptors (Lipinski definition) is 21. The van der Waals surface area contributed by atoms with Crippen molar-refractivity contribution in [1.82, 2.24) is 62.6 Å². The Morgan fingerprint density at radius 3 is 1.16 bits per heavy atom. The van der Waals surface area contributed by atoms with Gasteiger partial charge in [-0.15, -0.1) is 46.4 Å². The molecular weight excluding hydrogens is 1950 g/mol. The Hall–Kier alpha value is -10.7. The summed E-state index contributed by atoms with van der Waals surface area (Å²) in [5.74, 6) is -13.5. The molecule has 3 aromatic rings. The standard InChI is InChI=1S/C36H49Cl2N5O7.C35H47Cl2N5O7.C34H49N5O7/c1-34(2,3)28(32(48)50-35(4,5)6)42-33(49)41-25(21-15-19-12-7-8-13-20(19)16-21)31(47)43-17-22-24(36(22,37)38)26(43)30(46)40-23(27(44)29(39)45)14-18-10-9-11-18;1-17(2)25(32(47)49-21-14-19-11-6-7-12-20(19)15-21)40-33(48)41-28(34(3,4)5)31(46)42-16-22-24(35(22,36)37)26(42)30(45)39-23(27(43)29(38)44)13-18-9-8-10-18;1-7-11-22(31(44)46-18-20-12-9-8-10-13-20)37-32(45)38-27(33(2,3)4)30(43)39-17-21-24(34(21,5)6)25(39)29(42)36-23(16-19-14-15-19)26(40)28(35)41/h7-8,12-13,18,21-26,28H,9-11,14-17H2,1-6H3,(H2,39,45)(H,40,46)(H2,41,42,49);6-7,11-12,17-18,21-26,28H,8-10,13-16H2,1-5H3,(H2,38,44)(H,39,45)(H2,40,41,48);8-10,12-13,19,21-25,27H,7,11,14-18H2,1-6H3,(H2,35,41)(H,36,42)(H2,37,38,45)/t2*22-,23?,24-,25-,26-,28+;21-,22-,23?,24-,25-,27+/m000/s1. The monoisotopic (exact) mass is 2090 g/mol. The molecule has 9 fully saturated rings. The summed E-state index contributed by atoms with van der Waals surface area (Å²) in [4.78, 5) is 242. The fourth-order valence-electron chi connectivity index (χ4n) is 21.5. The van der Waals surface area contributed by atoms with Gasteiger partial charge in [-0.1, -0.05) is 234 Å². The average Bonchev–Trinajstić information content (AvgIpc) is 1.53. The number of urea groups is 3. The third kappa shape index (κ3) is 27.1. The number of benzene rings is 3. The van der Waals surface area contributed by atoms with Crippen molar-refractivity contribution in [3.63, 3.8) is 0 Å². The van der Waals surface area contributed by atoms with Gasteiger partial charge in [0.25, 0.3) is 17.7 Å². The van der Waals surface area contributed by atoms with E-state index in [1.807, 2.05) is 99.6 Å². The Kier molecular flexibility index (Phi) is 35.2. The van der Waals surface area contributed by atoms with E-state index in [0.29, 0.717) is 51.5 Å². The summed E-state index contributed by atoms with van der Waals surface area (Å²) < 4.78 is 14.3. The SMILES string of the molecule is CC(C)(C)OC(=O)[C@@H](NC(=O)N[C@H](C(=O)N1C[C@H]2[C@@H]([C@H]1C(=O)NC(CC1CCC1)C(=O)C(N)=O)C2(Cl)Cl)C1Cc2ccccc2C1)C(C)(C)C.CC(C)[C@H](NC(=O)N[C@H](C(=O)N1C[C@H]2[C@@H]([C@H]1C(=O)NC(CC1CCC1)C(=O)C(N)=O)C2(Cl)Cl)C(C)(C)C)C(=O)OC1Cc2ccccc2C1.CCC[C@H](NC(=O)N[C@H](C(=O)N1C[C@H]2[C@@H]([C@H]1C(=O)NC(CC1CC1)C(=O)C(N)=O)C2(C)C)C(C)(C)C)C(=O)OCc1ccccc1. The van der Waals surface area contributed by atoms with E-state index >= 15 is 0 Å². The van der Waals surface area contributed by atoms with E-state index in [0.717, 1.165) is 79.2 Å². The van der Waals surface area contributed by atoms with Gasteiger partial charge in [0.15, 0.2) is 0 Å². The van der Waals surface area contributed by atoms with E-state index in [9.17, 15) is 86.3 Å². The second kappa shape index (κ2) is 45.1.